The van der Waals surface area contributed by atoms with E-state index in [1.165, 1.54) is 0 Å². The maximum Gasteiger partial charge on any atom is 0.292 e. The molecule has 0 unspecified atom stereocenters. The van der Waals surface area contributed by atoms with Crippen LogP contribution in [0.2, 0.25) is 0 Å². The number of aromatic nitrogens is 4. The van der Waals surface area contributed by atoms with Gasteiger partial charge in [0.2, 0.25) is 5.82 Å². The highest BCUT2D eigenvalue weighted by molar-refractivity contribution is 7.09. The molecule has 0 spiro atoms. The van der Waals surface area contributed by atoms with Crippen molar-refractivity contribution in [3.8, 4) is 0 Å². The van der Waals surface area contributed by atoms with Gasteiger partial charge in [-0.05, 0) is 32.1 Å². The summed E-state index contributed by atoms with van der Waals surface area (Å²) >= 11 is 1.63. The molecule has 0 aromatic carbocycles. The quantitative estimate of drug-likeness (QED) is 0.853. The molecule has 0 N–H and O–H groups in total. The number of likely N-dealkylation sites (tertiary alicyclic amines) is 1. The van der Waals surface area contributed by atoms with Crippen molar-refractivity contribution in [2.24, 2.45) is 0 Å². The van der Waals surface area contributed by atoms with Crippen LogP contribution in [0, 0.1) is 0 Å². The van der Waals surface area contributed by atoms with Crippen molar-refractivity contribution in [3.05, 3.63) is 28.2 Å². The van der Waals surface area contributed by atoms with Gasteiger partial charge in [-0.15, -0.1) is 21.5 Å². The van der Waals surface area contributed by atoms with E-state index in [1.54, 1.807) is 11.3 Å². The zero-order valence-electron chi connectivity index (χ0n) is 12.4. The normalized spacial score (nSPS) is 21.6. The number of fused-ring (bicyclic) bond motifs is 1. The molecule has 6 nitrogen and oxygen atoms in total. The van der Waals surface area contributed by atoms with Gasteiger partial charge in [-0.25, -0.2) is 4.98 Å². The lowest BCUT2D eigenvalue weighted by molar-refractivity contribution is 0.0591. The molecular weight excluding hydrogens is 298 g/mol. The monoisotopic (exact) mass is 317 g/mol. The molecule has 4 rings (SSSR count). The predicted octanol–water partition coefficient (Wildman–Crippen LogP) is 2.44. The minimum Gasteiger partial charge on any atom is -0.326 e. The Morgan fingerprint density at radius 2 is 2.09 bits per heavy atom. The Balaban J connectivity index is 1.64. The Labute approximate surface area is 133 Å². The molecule has 7 heteroatoms. The van der Waals surface area contributed by atoms with Crippen LogP contribution in [0.5, 0.6) is 0 Å². The van der Waals surface area contributed by atoms with Gasteiger partial charge in [0.1, 0.15) is 10.8 Å². The Morgan fingerprint density at radius 1 is 1.18 bits per heavy atom. The maximum atomic E-state index is 13.0. The first-order valence-corrected chi connectivity index (χ1v) is 8.85. The summed E-state index contributed by atoms with van der Waals surface area (Å²) in [5.41, 5.74) is 0. The van der Waals surface area contributed by atoms with E-state index in [4.69, 9.17) is 0 Å². The molecule has 0 bridgehead atoms. The molecule has 1 fully saturated rings. The molecule has 0 radical (unpaired) electrons. The van der Waals surface area contributed by atoms with E-state index in [9.17, 15) is 4.79 Å². The number of amides is 1. The summed E-state index contributed by atoms with van der Waals surface area (Å²) in [6.45, 7) is 1.64. The Morgan fingerprint density at radius 3 is 2.95 bits per heavy atom. The van der Waals surface area contributed by atoms with Crippen LogP contribution in [-0.2, 0) is 13.0 Å². The van der Waals surface area contributed by atoms with Crippen molar-refractivity contribution in [3.63, 3.8) is 0 Å². The number of rotatable bonds is 2. The molecule has 2 aliphatic heterocycles. The molecule has 0 saturated carbocycles. The molecule has 22 heavy (non-hydrogen) atoms. The highest BCUT2D eigenvalue weighted by Gasteiger charge is 2.33. The summed E-state index contributed by atoms with van der Waals surface area (Å²) < 4.78 is 2.01. The standard InChI is InChI=1S/C15H19N5OS/c21-15(13-18-17-12-6-2-4-9-20(12)13)19-8-3-1-5-11(19)14-16-7-10-22-14/h7,10-11H,1-6,8-9H2/t11-/m0/s1. The number of hydrogen-bond acceptors (Lipinski definition) is 5. The van der Waals surface area contributed by atoms with Crippen molar-refractivity contribution in [2.45, 2.75) is 51.1 Å². The molecular formula is C15H19N5OS. The average molecular weight is 317 g/mol. The van der Waals surface area contributed by atoms with Crippen molar-refractivity contribution >= 4 is 17.2 Å². The fourth-order valence-corrected chi connectivity index (χ4v) is 4.21. The molecule has 1 atom stereocenters. The Hall–Kier alpha value is -1.76. The zero-order chi connectivity index (χ0) is 14.9. The molecule has 1 amide bonds. The summed E-state index contributed by atoms with van der Waals surface area (Å²) in [4.78, 5) is 19.4. The lowest BCUT2D eigenvalue weighted by atomic mass is 10.0. The number of nitrogens with zero attached hydrogens (tertiary/aromatic N) is 5. The second kappa shape index (κ2) is 5.79. The van der Waals surface area contributed by atoms with Gasteiger partial charge in [-0.1, -0.05) is 0 Å². The first-order chi connectivity index (χ1) is 10.8. The molecule has 2 aliphatic rings. The second-order valence-corrected chi connectivity index (χ2v) is 6.86. The van der Waals surface area contributed by atoms with Crippen LogP contribution in [-0.4, -0.2) is 37.1 Å². The maximum absolute atomic E-state index is 13.0. The summed E-state index contributed by atoms with van der Waals surface area (Å²) in [7, 11) is 0. The third kappa shape index (κ3) is 2.33. The van der Waals surface area contributed by atoms with E-state index in [2.05, 4.69) is 15.2 Å². The van der Waals surface area contributed by atoms with Gasteiger partial charge in [0.25, 0.3) is 5.91 Å². The number of aryl methyl sites for hydroxylation is 1. The third-order valence-corrected chi connectivity index (χ3v) is 5.43. The van der Waals surface area contributed by atoms with Crippen molar-refractivity contribution in [1.29, 1.82) is 0 Å². The number of thiazole rings is 1. The lowest BCUT2D eigenvalue weighted by Gasteiger charge is -2.34. The van der Waals surface area contributed by atoms with E-state index in [1.807, 2.05) is 21.0 Å². The first kappa shape index (κ1) is 13.9. The van der Waals surface area contributed by atoms with E-state index >= 15 is 0 Å². The van der Waals surface area contributed by atoms with E-state index in [-0.39, 0.29) is 11.9 Å². The van der Waals surface area contributed by atoms with E-state index < -0.39 is 0 Å². The molecule has 2 aromatic rings. The van der Waals surface area contributed by atoms with Gasteiger partial charge in [0, 0.05) is 31.1 Å². The number of hydrogen-bond donors (Lipinski definition) is 0. The fraction of sp³-hybridized carbons (Fsp3) is 0.600. The van der Waals surface area contributed by atoms with Gasteiger partial charge in [-0.2, -0.15) is 0 Å². The van der Waals surface area contributed by atoms with Gasteiger partial charge in [-0.3, -0.25) is 4.79 Å². The SMILES string of the molecule is O=C(c1nnc2n1CCCC2)N1CCCC[C@H]1c1nccs1. The van der Waals surface area contributed by atoms with Gasteiger partial charge in [0.15, 0.2) is 0 Å². The lowest BCUT2D eigenvalue weighted by Crippen LogP contribution is -2.40. The predicted molar refractivity (Wildman–Crippen MR) is 82.7 cm³/mol. The van der Waals surface area contributed by atoms with E-state index in [0.29, 0.717) is 5.82 Å². The van der Waals surface area contributed by atoms with Gasteiger partial charge >= 0.3 is 0 Å². The fourth-order valence-electron chi connectivity index (χ4n) is 3.43. The van der Waals surface area contributed by atoms with Crippen LogP contribution in [0.3, 0.4) is 0 Å². The molecule has 116 valence electrons. The second-order valence-electron chi connectivity index (χ2n) is 5.93. The minimum atomic E-state index is 0.0144. The topological polar surface area (TPSA) is 63.9 Å². The van der Waals surface area contributed by atoms with Gasteiger partial charge in [0.05, 0.1) is 6.04 Å². The summed E-state index contributed by atoms with van der Waals surface area (Å²) in [5, 5.41) is 11.4. The summed E-state index contributed by atoms with van der Waals surface area (Å²) in [6, 6.07) is 0.0952. The largest absolute Gasteiger partial charge is 0.326 e. The van der Waals surface area contributed by atoms with Crippen molar-refractivity contribution < 1.29 is 4.79 Å². The first-order valence-electron chi connectivity index (χ1n) is 7.97. The van der Waals surface area contributed by atoms with Crippen molar-refractivity contribution in [2.75, 3.05) is 6.54 Å². The minimum absolute atomic E-state index is 0.0144. The number of piperidine rings is 1. The van der Waals surface area contributed by atoms with Gasteiger partial charge < -0.3 is 9.47 Å². The number of carbonyl (C=O) groups is 1. The third-order valence-electron chi connectivity index (χ3n) is 4.55. The van der Waals surface area contributed by atoms with Crippen LogP contribution in [0.25, 0.3) is 0 Å². The van der Waals surface area contributed by atoms with Crippen LogP contribution in [0.4, 0.5) is 0 Å². The smallest absolute Gasteiger partial charge is 0.292 e. The van der Waals surface area contributed by atoms with Crippen LogP contribution < -0.4 is 0 Å². The summed E-state index contributed by atoms with van der Waals surface area (Å²) in [6.07, 6.45) is 8.16. The average Bonchev–Trinajstić information content (AvgIpc) is 3.24. The highest BCUT2D eigenvalue weighted by atomic mass is 32.1. The Kier molecular flexibility index (Phi) is 3.65. The zero-order valence-corrected chi connectivity index (χ0v) is 13.3. The molecule has 1 saturated heterocycles. The molecule has 0 aliphatic carbocycles. The van der Waals surface area contributed by atoms with Crippen molar-refractivity contribution in [1.82, 2.24) is 24.6 Å². The van der Waals surface area contributed by atoms with E-state index in [0.717, 1.165) is 62.4 Å². The highest BCUT2D eigenvalue weighted by Crippen LogP contribution is 2.33. The van der Waals surface area contributed by atoms with Crippen LogP contribution >= 0.6 is 11.3 Å². The number of carbonyl (C=O) groups excluding carboxylic acids is 1. The van der Waals surface area contributed by atoms with Crippen LogP contribution in [0.15, 0.2) is 11.6 Å². The molecule has 2 aromatic heterocycles. The summed E-state index contributed by atoms with van der Waals surface area (Å²) in [5.74, 6) is 1.48. The van der Waals surface area contributed by atoms with Crippen LogP contribution in [0.1, 0.15) is 59.6 Å². The molecule has 4 heterocycles. The Bertz CT molecular complexity index is 666.